The Morgan fingerprint density at radius 1 is 1.06 bits per heavy atom. The molecule has 0 amide bonds. The number of rotatable bonds is 1. The molecule has 88 valence electrons. The summed E-state index contributed by atoms with van der Waals surface area (Å²) in [5.41, 5.74) is 2.63. The Morgan fingerprint density at radius 2 is 2.00 bits per heavy atom. The molecule has 0 saturated carbocycles. The van der Waals surface area contributed by atoms with Crippen molar-refractivity contribution in [3.8, 4) is 0 Å². The first kappa shape index (κ1) is 10.7. The molecule has 1 N–H and O–H groups in total. The van der Waals surface area contributed by atoms with Crippen LogP contribution in [-0.2, 0) is 0 Å². The largest absolute Gasteiger partial charge is 0.317 e. The molecule has 1 aromatic carbocycles. The first-order valence-corrected chi connectivity index (χ1v) is 6.49. The Balaban J connectivity index is 2.03. The highest BCUT2D eigenvalue weighted by molar-refractivity contribution is 5.82. The van der Waals surface area contributed by atoms with E-state index in [0.717, 1.165) is 13.1 Å². The maximum atomic E-state index is 4.57. The van der Waals surface area contributed by atoms with Crippen LogP contribution in [0.25, 0.3) is 10.9 Å². The average Bonchev–Trinajstić information content (AvgIpc) is 2.67. The van der Waals surface area contributed by atoms with Gasteiger partial charge in [0.25, 0.3) is 0 Å². The molecule has 2 aromatic rings. The number of aromatic nitrogens is 1. The summed E-state index contributed by atoms with van der Waals surface area (Å²) in [7, 11) is 0. The van der Waals surface area contributed by atoms with Crippen LogP contribution < -0.4 is 5.32 Å². The number of nitrogens with one attached hydrogen (secondary N) is 1. The number of benzene rings is 1. The van der Waals surface area contributed by atoms with Gasteiger partial charge in [-0.3, -0.25) is 4.98 Å². The summed E-state index contributed by atoms with van der Waals surface area (Å²) < 4.78 is 0. The molecule has 3 rings (SSSR count). The molecule has 1 fully saturated rings. The highest BCUT2D eigenvalue weighted by Crippen LogP contribution is 2.30. The number of hydrogen-bond donors (Lipinski definition) is 1. The van der Waals surface area contributed by atoms with Crippen molar-refractivity contribution >= 4 is 10.9 Å². The molecule has 0 radical (unpaired) electrons. The summed E-state index contributed by atoms with van der Waals surface area (Å²) in [6.07, 6.45) is 5.69. The van der Waals surface area contributed by atoms with E-state index in [1.165, 1.54) is 35.7 Å². The molecule has 1 aromatic heterocycles. The zero-order valence-corrected chi connectivity index (χ0v) is 10.0. The summed E-state index contributed by atoms with van der Waals surface area (Å²) in [6, 6.07) is 10.7. The van der Waals surface area contributed by atoms with Crippen LogP contribution in [0.3, 0.4) is 0 Å². The first-order chi connectivity index (χ1) is 8.45. The second kappa shape index (κ2) is 4.84. The third-order valence-corrected chi connectivity index (χ3v) is 3.68. The van der Waals surface area contributed by atoms with Gasteiger partial charge in [0.2, 0.25) is 0 Å². The van der Waals surface area contributed by atoms with Crippen molar-refractivity contribution in [1.82, 2.24) is 10.3 Å². The van der Waals surface area contributed by atoms with Crippen molar-refractivity contribution < 1.29 is 0 Å². The van der Waals surface area contributed by atoms with E-state index in [0.29, 0.717) is 5.92 Å². The summed E-state index contributed by atoms with van der Waals surface area (Å²) in [6.45, 7) is 2.29. The van der Waals surface area contributed by atoms with Crippen LogP contribution in [0.4, 0.5) is 0 Å². The number of nitrogens with zero attached hydrogens (tertiary/aromatic N) is 1. The smallest absolute Gasteiger partial charge is 0.0736 e. The molecule has 1 unspecified atom stereocenters. The first-order valence-electron chi connectivity index (χ1n) is 6.49. The molecular formula is C15H18N2. The van der Waals surface area contributed by atoms with E-state index in [4.69, 9.17) is 0 Å². The van der Waals surface area contributed by atoms with Gasteiger partial charge in [-0.05, 0) is 49.9 Å². The third kappa shape index (κ3) is 2.18. The summed E-state index contributed by atoms with van der Waals surface area (Å²) in [4.78, 5) is 4.57. The molecule has 1 aliphatic rings. The molecule has 2 nitrogen and oxygen atoms in total. The van der Waals surface area contributed by atoms with Crippen LogP contribution in [-0.4, -0.2) is 18.1 Å². The molecular weight excluding hydrogens is 208 g/mol. The Hall–Kier alpha value is -1.41. The van der Waals surface area contributed by atoms with Crippen molar-refractivity contribution in [3.05, 3.63) is 42.1 Å². The molecule has 2 heteroatoms. The van der Waals surface area contributed by atoms with Gasteiger partial charge in [-0.15, -0.1) is 0 Å². The van der Waals surface area contributed by atoms with E-state index in [-0.39, 0.29) is 0 Å². The number of para-hydroxylation sites is 1. The fourth-order valence-corrected chi connectivity index (χ4v) is 2.79. The Morgan fingerprint density at radius 3 is 3.00 bits per heavy atom. The molecule has 0 bridgehead atoms. The predicted molar refractivity (Wildman–Crippen MR) is 71.2 cm³/mol. The monoisotopic (exact) mass is 226 g/mol. The summed E-state index contributed by atoms with van der Waals surface area (Å²) in [5.74, 6) is 0.670. The quantitative estimate of drug-likeness (QED) is 0.808. The maximum Gasteiger partial charge on any atom is 0.0736 e. The van der Waals surface area contributed by atoms with E-state index < -0.39 is 0 Å². The van der Waals surface area contributed by atoms with Crippen LogP contribution in [0.5, 0.6) is 0 Å². The van der Waals surface area contributed by atoms with Gasteiger partial charge in [-0.25, -0.2) is 0 Å². The molecule has 0 aliphatic carbocycles. The molecule has 2 heterocycles. The van der Waals surface area contributed by atoms with Gasteiger partial charge in [0.15, 0.2) is 0 Å². The van der Waals surface area contributed by atoms with Crippen LogP contribution >= 0.6 is 0 Å². The molecule has 17 heavy (non-hydrogen) atoms. The fraction of sp³-hybridized carbons (Fsp3) is 0.400. The summed E-state index contributed by atoms with van der Waals surface area (Å²) in [5, 5.41) is 4.74. The van der Waals surface area contributed by atoms with E-state index in [2.05, 4.69) is 34.6 Å². The van der Waals surface area contributed by atoms with Gasteiger partial charge < -0.3 is 5.32 Å². The molecule has 1 saturated heterocycles. The zero-order chi connectivity index (χ0) is 11.5. The Labute approximate surface area is 102 Å². The number of hydrogen-bond acceptors (Lipinski definition) is 2. The SMILES string of the molecule is c1cnc2c(C3CCCNCC3)cccc2c1. The zero-order valence-electron chi connectivity index (χ0n) is 10.0. The van der Waals surface area contributed by atoms with Gasteiger partial charge in [0, 0.05) is 11.6 Å². The van der Waals surface area contributed by atoms with Crippen LogP contribution in [0.15, 0.2) is 36.5 Å². The minimum Gasteiger partial charge on any atom is -0.317 e. The van der Waals surface area contributed by atoms with Gasteiger partial charge >= 0.3 is 0 Å². The third-order valence-electron chi connectivity index (χ3n) is 3.68. The van der Waals surface area contributed by atoms with Gasteiger partial charge in [0.1, 0.15) is 0 Å². The lowest BCUT2D eigenvalue weighted by atomic mass is 9.90. The second-order valence-corrected chi connectivity index (χ2v) is 4.80. The van der Waals surface area contributed by atoms with E-state index >= 15 is 0 Å². The number of fused-ring (bicyclic) bond motifs is 1. The van der Waals surface area contributed by atoms with E-state index in [1.54, 1.807) is 0 Å². The van der Waals surface area contributed by atoms with Crippen molar-refractivity contribution in [2.45, 2.75) is 25.2 Å². The maximum absolute atomic E-state index is 4.57. The lowest BCUT2D eigenvalue weighted by Gasteiger charge is -2.15. The standard InChI is InChI=1S/C15H18N2/c1-4-13-6-3-10-17-15(13)14(7-1)12-5-2-9-16-11-8-12/h1,3-4,6-7,10,12,16H,2,5,8-9,11H2. The Kier molecular flexibility index (Phi) is 3.06. The van der Waals surface area contributed by atoms with Gasteiger partial charge in [-0.2, -0.15) is 0 Å². The molecule has 0 spiro atoms. The minimum absolute atomic E-state index is 0.670. The van der Waals surface area contributed by atoms with Crippen molar-refractivity contribution in [2.75, 3.05) is 13.1 Å². The van der Waals surface area contributed by atoms with Crippen LogP contribution in [0, 0.1) is 0 Å². The topological polar surface area (TPSA) is 24.9 Å². The van der Waals surface area contributed by atoms with Gasteiger partial charge in [0.05, 0.1) is 5.52 Å². The van der Waals surface area contributed by atoms with Gasteiger partial charge in [-0.1, -0.05) is 24.3 Å². The van der Waals surface area contributed by atoms with Crippen molar-refractivity contribution in [3.63, 3.8) is 0 Å². The van der Waals surface area contributed by atoms with E-state index in [9.17, 15) is 0 Å². The fourth-order valence-electron chi connectivity index (χ4n) is 2.79. The highest BCUT2D eigenvalue weighted by atomic mass is 14.8. The Bertz CT molecular complexity index is 494. The van der Waals surface area contributed by atoms with Crippen molar-refractivity contribution in [1.29, 1.82) is 0 Å². The van der Waals surface area contributed by atoms with Crippen LogP contribution in [0.2, 0.25) is 0 Å². The molecule has 1 atom stereocenters. The lowest BCUT2D eigenvalue weighted by Crippen LogP contribution is -2.13. The minimum atomic E-state index is 0.670. The molecule has 1 aliphatic heterocycles. The highest BCUT2D eigenvalue weighted by Gasteiger charge is 2.16. The summed E-state index contributed by atoms with van der Waals surface area (Å²) >= 11 is 0. The van der Waals surface area contributed by atoms with Crippen molar-refractivity contribution in [2.24, 2.45) is 0 Å². The van der Waals surface area contributed by atoms with Crippen LogP contribution in [0.1, 0.15) is 30.7 Å². The lowest BCUT2D eigenvalue weighted by molar-refractivity contribution is 0.612. The normalized spacial score (nSPS) is 21.3. The second-order valence-electron chi connectivity index (χ2n) is 4.80. The van der Waals surface area contributed by atoms with E-state index in [1.807, 2.05) is 12.3 Å². The average molecular weight is 226 g/mol. The predicted octanol–water partition coefficient (Wildman–Crippen LogP) is 3.09. The number of pyridine rings is 1.